The molecule has 1 aliphatic rings. The number of fused-ring (bicyclic) bond motifs is 1. The maximum Gasteiger partial charge on any atom is 0.131 e. The van der Waals surface area contributed by atoms with Gasteiger partial charge in [0.15, 0.2) is 0 Å². The van der Waals surface area contributed by atoms with Gasteiger partial charge in [0, 0.05) is 11.1 Å². The van der Waals surface area contributed by atoms with Crippen molar-refractivity contribution in [2.45, 2.75) is 20.1 Å². The van der Waals surface area contributed by atoms with E-state index in [9.17, 15) is 0 Å². The lowest BCUT2D eigenvalue weighted by Gasteiger charge is -2.23. The Morgan fingerprint density at radius 1 is 1.55 bits per heavy atom. The van der Waals surface area contributed by atoms with E-state index in [0.717, 1.165) is 11.3 Å². The highest BCUT2D eigenvalue weighted by Crippen LogP contribution is 2.33. The molecule has 58 valence electrons. The van der Waals surface area contributed by atoms with E-state index < -0.39 is 0 Å². The molecule has 0 unspecified atom stereocenters. The minimum Gasteiger partial charge on any atom is -0.488 e. The molecule has 2 nitrogen and oxygen atoms in total. The van der Waals surface area contributed by atoms with E-state index in [1.807, 2.05) is 13.0 Å². The van der Waals surface area contributed by atoms with Crippen LogP contribution in [0, 0.1) is 6.92 Å². The highest BCUT2D eigenvalue weighted by atomic mass is 16.5. The normalized spacial score (nSPS) is 13.3. The lowest BCUT2D eigenvalue weighted by Crippen LogP contribution is -2.12. The Morgan fingerprint density at radius 3 is 2.91 bits per heavy atom. The summed E-state index contributed by atoms with van der Waals surface area (Å²) in [6.45, 7) is 2.80. The number of hydrogen-bond donors (Lipinski definition) is 1. The zero-order valence-electron chi connectivity index (χ0n) is 6.42. The molecule has 2 rings (SSSR count). The van der Waals surface area contributed by atoms with Gasteiger partial charge in [0.25, 0.3) is 0 Å². The molecule has 0 amide bonds. The SMILES string of the molecule is Cc1cc(CO)c2c(c1)CO2. The molecule has 2 heteroatoms. The monoisotopic (exact) mass is 150 g/mol. The van der Waals surface area contributed by atoms with E-state index in [1.54, 1.807) is 0 Å². The zero-order valence-corrected chi connectivity index (χ0v) is 6.42. The Kier molecular flexibility index (Phi) is 1.36. The number of aliphatic hydroxyl groups excluding tert-OH is 1. The second-order valence-electron chi connectivity index (χ2n) is 2.86. The fourth-order valence-corrected chi connectivity index (χ4v) is 1.41. The van der Waals surface area contributed by atoms with Crippen molar-refractivity contribution in [1.82, 2.24) is 0 Å². The van der Waals surface area contributed by atoms with Crippen LogP contribution in [0.15, 0.2) is 12.1 Å². The molecular weight excluding hydrogens is 140 g/mol. The van der Waals surface area contributed by atoms with Crippen LogP contribution in [0.5, 0.6) is 5.75 Å². The summed E-state index contributed by atoms with van der Waals surface area (Å²) < 4.78 is 5.19. The van der Waals surface area contributed by atoms with E-state index >= 15 is 0 Å². The molecule has 0 saturated heterocycles. The van der Waals surface area contributed by atoms with Crippen LogP contribution < -0.4 is 4.74 Å². The topological polar surface area (TPSA) is 29.5 Å². The number of rotatable bonds is 1. The lowest BCUT2D eigenvalue weighted by molar-refractivity contribution is 0.221. The van der Waals surface area contributed by atoms with Crippen molar-refractivity contribution < 1.29 is 9.84 Å². The number of ether oxygens (including phenoxy) is 1. The van der Waals surface area contributed by atoms with E-state index in [2.05, 4.69) is 6.07 Å². The van der Waals surface area contributed by atoms with Gasteiger partial charge < -0.3 is 9.84 Å². The van der Waals surface area contributed by atoms with Gasteiger partial charge in [-0.05, 0) is 13.0 Å². The fraction of sp³-hybridized carbons (Fsp3) is 0.333. The summed E-state index contributed by atoms with van der Waals surface area (Å²) in [7, 11) is 0. The first-order valence-corrected chi connectivity index (χ1v) is 3.67. The average Bonchev–Trinajstić information content (AvgIpc) is 1.95. The molecule has 0 spiro atoms. The maximum atomic E-state index is 8.92. The zero-order chi connectivity index (χ0) is 7.84. The highest BCUT2D eigenvalue weighted by Gasteiger charge is 2.18. The molecule has 1 heterocycles. The summed E-state index contributed by atoms with van der Waals surface area (Å²) in [4.78, 5) is 0. The summed E-state index contributed by atoms with van der Waals surface area (Å²) in [6.07, 6.45) is 0. The predicted octanol–water partition coefficient (Wildman–Crippen LogP) is 1.38. The van der Waals surface area contributed by atoms with Crippen LogP contribution in [0.25, 0.3) is 0 Å². The Balaban J connectivity index is 2.54. The third-order valence-corrected chi connectivity index (χ3v) is 1.93. The Hall–Kier alpha value is -1.02. The van der Waals surface area contributed by atoms with Gasteiger partial charge in [-0.15, -0.1) is 0 Å². The Labute approximate surface area is 65.4 Å². The first-order valence-electron chi connectivity index (χ1n) is 3.67. The number of hydrogen-bond acceptors (Lipinski definition) is 2. The van der Waals surface area contributed by atoms with E-state index in [1.165, 1.54) is 11.1 Å². The van der Waals surface area contributed by atoms with Gasteiger partial charge in [0.2, 0.25) is 0 Å². The van der Waals surface area contributed by atoms with Gasteiger partial charge in [-0.1, -0.05) is 11.6 Å². The van der Waals surface area contributed by atoms with Crippen molar-refractivity contribution in [2.24, 2.45) is 0 Å². The van der Waals surface area contributed by atoms with Gasteiger partial charge in [-0.3, -0.25) is 0 Å². The fourth-order valence-electron chi connectivity index (χ4n) is 1.41. The second kappa shape index (κ2) is 2.24. The molecule has 1 aromatic carbocycles. The van der Waals surface area contributed by atoms with Crippen molar-refractivity contribution in [1.29, 1.82) is 0 Å². The van der Waals surface area contributed by atoms with Crippen molar-refractivity contribution in [3.63, 3.8) is 0 Å². The molecule has 0 aromatic heterocycles. The number of aryl methyl sites for hydroxylation is 1. The minimum atomic E-state index is 0.0734. The molecule has 0 radical (unpaired) electrons. The summed E-state index contributed by atoms with van der Waals surface area (Å²) in [6, 6.07) is 4.05. The largest absolute Gasteiger partial charge is 0.488 e. The Morgan fingerprint density at radius 2 is 2.36 bits per heavy atom. The van der Waals surface area contributed by atoms with Crippen LogP contribution in [-0.2, 0) is 13.2 Å². The van der Waals surface area contributed by atoms with E-state index in [-0.39, 0.29) is 6.61 Å². The second-order valence-corrected chi connectivity index (χ2v) is 2.86. The summed E-state index contributed by atoms with van der Waals surface area (Å²) >= 11 is 0. The van der Waals surface area contributed by atoms with Crippen LogP contribution in [0.2, 0.25) is 0 Å². The highest BCUT2D eigenvalue weighted by molar-refractivity contribution is 5.47. The molecule has 1 N–H and O–H groups in total. The summed E-state index contributed by atoms with van der Waals surface area (Å²) in [5.74, 6) is 0.887. The van der Waals surface area contributed by atoms with Gasteiger partial charge in [-0.2, -0.15) is 0 Å². The standard InChI is InChI=1S/C9H10O2/c1-6-2-7(4-10)9-8(3-6)5-11-9/h2-3,10H,4-5H2,1H3. The quantitative estimate of drug-likeness (QED) is 0.655. The molecule has 0 fully saturated rings. The number of aliphatic hydroxyl groups is 1. The van der Waals surface area contributed by atoms with Gasteiger partial charge in [0.05, 0.1) is 6.61 Å². The smallest absolute Gasteiger partial charge is 0.131 e. The third-order valence-electron chi connectivity index (χ3n) is 1.93. The summed E-state index contributed by atoms with van der Waals surface area (Å²) in [5, 5.41) is 8.92. The molecule has 0 bridgehead atoms. The summed E-state index contributed by atoms with van der Waals surface area (Å²) in [5.41, 5.74) is 3.32. The molecule has 1 aliphatic heterocycles. The van der Waals surface area contributed by atoms with Crippen molar-refractivity contribution in [3.8, 4) is 5.75 Å². The predicted molar refractivity (Wildman–Crippen MR) is 41.4 cm³/mol. The van der Waals surface area contributed by atoms with Crippen LogP contribution in [0.4, 0.5) is 0 Å². The van der Waals surface area contributed by atoms with E-state index in [4.69, 9.17) is 9.84 Å². The maximum absolute atomic E-state index is 8.92. The van der Waals surface area contributed by atoms with Gasteiger partial charge in [-0.25, -0.2) is 0 Å². The van der Waals surface area contributed by atoms with E-state index in [0.29, 0.717) is 6.61 Å². The van der Waals surface area contributed by atoms with Crippen LogP contribution in [0.1, 0.15) is 16.7 Å². The van der Waals surface area contributed by atoms with Crippen molar-refractivity contribution in [2.75, 3.05) is 0 Å². The van der Waals surface area contributed by atoms with Crippen LogP contribution >= 0.6 is 0 Å². The van der Waals surface area contributed by atoms with Crippen molar-refractivity contribution >= 4 is 0 Å². The molecule has 0 saturated carbocycles. The molecule has 0 aliphatic carbocycles. The molecule has 0 atom stereocenters. The van der Waals surface area contributed by atoms with Crippen LogP contribution in [-0.4, -0.2) is 5.11 Å². The first kappa shape index (κ1) is 6.68. The van der Waals surface area contributed by atoms with Crippen LogP contribution in [0.3, 0.4) is 0 Å². The Bertz CT molecular complexity index is 292. The van der Waals surface area contributed by atoms with Gasteiger partial charge >= 0.3 is 0 Å². The molecular formula is C9H10O2. The minimum absolute atomic E-state index is 0.0734. The van der Waals surface area contributed by atoms with Gasteiger partial charge in [0.1, 0.15) is 12.4 Å². The number of benzene rings is 1. The third kappa shape index (κ3) is 0.906. The first-order chi connectivity index (χ1) is 5.31. The molecule has 11 heavy (non-hydrogen) atoms. The average molecular weight is 150 g/mol. The van der Waals surface area contributed by atoms with Crippen molar-refractivity contribution in [3.05, 3.63) is 28.8 Å². The lowest BCUT2D eigenvalue weighted by atomic mass is 10.0. The molecule has 1 aromatic rings.